The van der Waals surface area contributed by atoms with Gasteiger partial charge in [0.25, 0.3) is 5.91 Å². The van der Waals surface area contributed by atoms with Crippen molar-refractivity contribution in [3.05, 3.63) is 30.6 Å². The second-order valence-corrected chi connectivity index (χ2v) is 6.59. The van der Waals surface area contributed by atoms with Crippen molar-refractivity contribution in [3.63, 3.8) is 0 Å². The van der Waals surface area contributed by atoms with Gasteiger partial charge in [0.15, 0.2) is 5.65 Å². The van der Waals surface area contributed by atoms with E-state index in [1.54, 1.807) is 17.3 Å². The van der Waals surface area contributed by atoms with Gasteiger partial charge in [0.05, 0.1) is 24.3 Å². The molecule has 0 unspecified atom stereocenters. The average Bonchev–Trinajstić information content (AvgIpc) is 3.16. The van der Waals surface area contributed by atoms with Gasteiger partial charge < -0.3 is 20.1 Å². The minimum absolute atomic E-state index is 0.0753. The fraction of sp³-hybridized carbons (Fsp3) is 0.421. The normalized spacial score (nSPS) is 15.1. The first-order valence-electron chi connectivity index (χ1n) is 9.25. The monoisotopic (exact) mass is 381 g/mol. The summed E-state index contributed by atoms with van der Waals surface area (Å²) >= 11 is 0. The number of nitrogens with zero attached hydrogens (tertiary/aromatic N) is 5. The number of H-pyrrole nitrogens is 1. The van der Waals surface area contributed by atoms with Crippen LogP contribution in [0.15, 0.2) is 25.0 Å². The van der Waals surface area contributed by atoms with Gasteiger partial charge >= 0.3 is 0 Å². The number of rotatable bonds is 6. The third kappa shape index (κ3) is 3.96. The molecule has 0 aromatic carbocycles. The van der Waals surface area contributed by atoms with Crippen molar-refractivity contribution in [3.8, 4) is 6.07 Å². The van der Waals surface area contributed by atoms with E-state index in [1.807, 2.05) is 11.8 Å². The molecule has 2 N–H and O–H groups in total. The molecule has 1 saturated heterocycles. The third-order valence-electron chi connectivity index (χ3n) is 4.87. The minimum atomic E-state index is -0.277. The maximum absolute atomic E-state index is 12.6. The predicted octanol–water partition coefficient (Wildman–Crippen LogP) is 1.21. The highest BCUT2D eigenvalue weighted by atomic mass is 16.2. The Morgan fingerprint density at radius 1 is 1.43 bits per heavy atom. The van der Waals surface area contributed by atoms with Crippen molar-refractivity contribution >= 4 is 28.8 Å². The highest BCUT2D eigenvalue weighted by Crippen LogP contribution is 2.20. The quantitative estimate of drug-likeness (QED) is 0.726. The Morgan fingerprint density at radius 2 is 2.18 bits per heavy atom. The van der Waals surface area contributed by atoms with Crippen molar-refractivity contribution in [2.75, 3.05) is 31.1 Å². The van der Waals surface area contributed by atoms with Crippen LogP contribution in [0, 0.1) is 11.3 Å². The summed E-state index contributed by atoms with van der Waals surface area (Å²) in [6, 6.07) is 1.88. The molecular formula is C19H23N7O2. The molecule has 1 fully saturated rings. The number of nitrogens with one attached hydrogen (secondary N) is 2. The molecule has 3 rings (SSSR count). The molecule has 0 bridgehead atoms. The molecule has 9 nitrogen and oxygen atoms in total. The van der Waals surface area contributed by atoms with Gasteiger partial charge in [0, 0.05) is 38.4 Å². The molecular weight excluding hydrogens is 358 g/mol. The summed E-state index contributed by atoms with van der Waals surface area (Å²) < 4.78 is 0. The zero-order chi connectivity index (χ0) is 20.1. The first-order valence-corrected chi connectivity index (χ1v) is 9.25. The largest absolute Gasteiger partial charge is 0.352 e. The van der Waals surface area contributed by atoms with Crippen molar-refractivity contribution in [1.29, 1.82) is 5.26 Å². The summed E-state index contributed by atoms with van der Waals surface area (Å²) in [6.45, 7) is 7.87. The van der Waals surface area contributed by atoms with Crippen LogP contribution in [0.2, 0.25) is 0 Å². The molecule has 0 aliphatic carbocycles. The molecule has 0 radical (unpaired) electrons. The Bertz CT molecular complexity index is 922. The van der Waals surface area contributed by atoms with Crippen LogP contribution in [-0.2, 0) is 4.79 Å². The number of carbonyl (C=O) groups excluding carboxylic acids is 2. The van der Waals surface area contributed by atoms with Gasteiger partial charge in [0.2, 0.25) is 5.91 Å². The lowest BCUT2D eigenvalue weighted by Crippen LogP contribution is -2.48. The molecule has 0 saturated carbocycles. The number of carbonyl (C=O) groups is 2. The van der Waals surface area contributed by atoms with Crippen LogP contribution in [-0.4, -0.2) is 63.9 Å². The molecule has 1 aliphatic rings. The first kappa shape index (κ1) is 19.4. The van der Waals surface area contributed by atoms with Crippen molar-refractivity contribution in [2.24, 2.45) is 0 Å². The zero-order valence-corrected chi connectivity index (χ0v) is 15.8. The van der Waals surface area contributed by atoms with Gasteiger partial charge in [-0.15, -0.1) is 0 Å². The van der Waals surface area contributed by atoms with E-state index in [0.717, 1.165) is 0 Å². The van der Waals surface area contributed by atoms with Gasteiger partial charge in [-0.3, -0.25) is 9.59 Å². The van der Waals surface area contributed by atoms with Crippen molar-refractivity contribution < 1.29 is 9.59 Å². The molecule has 28 heavy (non-hydrogen) atoms. The minimum Gasteiger partial charge on any atom is -0.352 e. The summed E-state index contributed by atoms with van der Waals surface area (Å²) in [7, 11) is 0. The maximum Gasteiger partial charge on any atom is 0.255 e. The van der Waals surface area contributed by atoms with E-state index in [2.05, 4.69) is 32.9 Å². The topological polar surface area (TPSA) is 118 Å². The molecule has 9 heteroatoms. The first-order chi connectivity index (χ1) is 13.6. The van der Waals surface area contributed by atoms with Crippen LogP contribution < -0.4 is 10.2 Å². The number of aromatic nitrogens is 3. The van der Waals surface area contributed by atoms with E-state index in [0.29, 0.717) is 55.1 Å². The lowest BCUT2D eigenvalue weighted by Gasteiger charge is -2.34. The number of piperazine rings is 1. The number of hydrogen-bond donors (Lipinski definition) is 2. The number of fused-ring (bicyclic) bond motifs is 1. The van der Waals surface area contributed by atoms with Gasteiger partial charge in [0.1, 0.15) is 11.3 Å². The maximum atomic E-state index is 12.6. The Morgan fingerprint density at radius 3 is 2.82 bits per heavy atom. The Balaban J connectivity index is 1.77. The molecule has 1 atom stereocenters. The van der Waals surface area contributed by atoms with Crippen LogP contribution >= 0.6 is 0 Å². The Labute approximate surface area is 163 Å². The fourth-order valence-electron chi connectivity index (χ4n) is 3.16. The van der Waals surface area contributed by atoms with Gasteiger partial charge in [-0.1, -0.05) is 13.5 Å². The number of nitriles is 1. The van der Waals surface area contributed by atoms with Gasteiger partial charge in [-0.05, 0) is 12.5 Å². The standard InChI is InChI=1S/C19H23N7O2/c1-3-13(5-6-20)23-19(28)14-11-21-18-17(14)24-15(12-22-18)25-7-9-26(10-8-25)16(27)4-2/h4,11-13H,2-3,5,7-10H2,1H3,(H,21,22)(H,23,28)/t13-/m1/s1. The number of hydrogen-bond acceptors (Lipinski definition) is 6. The van der Waals surface area contributed by atoms with Crippen LogP contribution in [0.1, 0.15) is 30.1 Å². The molecule has 2 amide bonds. The predicted molar refractivity (Wildman–Crippen MR) is 105 cm³/mol. The number of aromatic amines is 1. The van der Waals surface area contributed by atoms with Crippen molar-refractivity contribution in [2.45, 2.75) is 25.8 Å². The van der Waals surface area contributed by atoms with Crippen LogP contribution in [0.5, 0.6) is 0 Å². The number of anilines is 1. The van der Waals surface area contributed by atoms with Crippen LogP contribution in [0.4, 0.5) is 5.82 Å². The smallest absolute Gasteiger partial charge is 0.255 e. The van der Waals surface area contributed by atoms with Crippen molar-refractivity contribution in [1.82, 2.24) is 25.2 Å². The summed E-state index contributed by atoms with van der Waals surface area (Å²) in [5.41, 5.74) is 1.43. The lowest BCUT2D eigenvalue weighted by atomic mass is 10.1. The van der Waals surface area contributed by atoms with Crippen LogP contribution in [0.3, 0.4) is 0 Å². The fourth-order valence-corrected chi connectivity index (χ4v) is 3.16. The zero-order valence-electron chi connectivity index (χ0n) is 15.8. The number of amides is 2. The average molecular weight is 381 g/mol. The van der Waals surface area contributed by atoms with Crippen LogP contribution in [0.25, 0.3) is 11.2 Å². The van der Waals surface area contributed by atoms with E-state index in [4.69, 9.17) is 5.26 Å². The molecule has 2 aromatic heterocycles. The lowest BCUT2D eigenvalue weighted by molar-refractivity contribution is -0.126. The highest BCUT2D eigenvalue weighted by molar-refractivity contribution is 6.04. The van der Waals surface area contributed by atoms with E-state index in [9.17, 15) is 9.59 Å². The second-order valence-electron chi connectivity index (χ2n) is 6.59. The molecule has 0 spiro atoms. The molecule has 2 aromatic rings. The van der Waals surface area contributed by atoms with Gasteiger partial charge in [-0.2, -0.15) is 5.26 Å². The Hall–Kier alpha value is -3.41. The molecule has 3 heterocycles. The third-order valence-corrected chi connectivity index (χ3v) is 4.87. The second kappa shape index (κ2) is 8.52. The summed E-state index contributed by atoms with van der Waals surface area (Å²) in [5, 5.41) is 11.7. The van der Waals surface area contributed by atoms with Gasteiger partial charge in [-0.25, -0.2) is 9.97 Å². The van der Waals surface area contributed by atoms with E-state index < -0.39 is 0 Å². The molecule has 146 valence electrons. The summed E-state index contributed by atoms with van der Waals surface area (Å²) in [6.07, 6.45) is 5.50. The summed E-state index contributed by atoms with van der Waals surface area (Å²) in [4.78, 5) is 40.1. The Kier molecular flexibility index (Phi) is 5.89. The van der Waals surface area contributed by atoms with E-state index >= 15 is 0 Å². The molecule has 1 aliphatic heterocycles. The SMILES string of the molecule is C=CC(=O)N1CCN(c2cnc3[nH]cc(C(=O)N[C@H](CC)CC#N)c3n2)CC1. The van der Waals surface area contributed by atoms with E-state index in [-0.39, 0.29) is 24.3 Å². The summed E-state index contributed by atoms with van der Waals surface area (Å²) in [5.74, 6) is 0.311. The van der Waals surface area contributed by atoms with E-state index in [1.165, 1.54) is 6.08 Å². The highest BCUT2D eigenvalue weighted by Gasteiger charge is 2.22.